The van der Waals surface area contributed by atoms with Crippen molar-refractivity contribution >= 4 is 27.3 Å². The van der Waals surface area contributed by atoms with Crippen LogP contribution in [0.5, 0.6) is 0 Å². The Morgan fingerprint density at radius 1 is 1.24 bits per heavy atom. The molecule has 90 valence electrons. The third-order valence-electron chi connectivity index (χ3n) is 2.62. The second-order valence-electron chi connectivity index (χ2n) is 3.90. The molecule has 17 heavy (non-hydrogen) atoms. The van der Waals surface area contributed by atoms with Crippen LogP contribution in [0, 0.1) is 6.92 Å². The van der Waals surface area contributed by atoms with Gasteiger partial charge in [-0.25, -0.2) is 4.98 Å². The number of hydrogen-bond acceptors (Lipinski definition) is 3. The van der Waals surface area contributed by atoms with Crippen LogP contribution < -0.4 is 0 Å². The van der Waals surface area contributed by atoms with Crippen molar-refractivity contribution in [1.29, 1.82) is 0 Å². The molecule has 2 nitrogen and oxygen atoms in total. The van der Waals surface area contributed by atoms with E-state index < -0.39 is 0 Å². The minimum atomic E-state index is 0.0990. The van der Waals surface area contributed by atoms with Gasteiger partial charge in [0.05, 0.1) is 22.2 Å². The van der Waals surface area contributed by atoms with E-state index in [0.29, 0.717) is 0 Å². The molecule has 0 spiro atoms. The van der Waals surface area contributed by atoms with E-state index in [-0.39, 0.29) is 6.61 Å². The van der Waals surface area contributed by atoms with Gasteiger partial charge < -0.3 is 5.11 Å². The molecule has 1 N–H and O–H groups in total. The maximum Gasteiger partial charge on any atom is 0.0935 e. The Balaban J connectivity index is 1.99. The third kappa shape index (κ3) is 3.37. The minimum Gasteiger partial charge on any atom is -0.391 e. The van der Waals surface area contributed by atoms with E-state index in [1.54, 1.807) is 11.3 Å². The molecule has 0 aliphatic carbocycles. The topological polar surface area (TPSA) is 33.1 Å². The van der Waals surface area contributed by atoms with Gasteiger partial charge in [-0.05, 0) is 31.0 Å². The second kappa shape index (κ2) is 5.76. The first-order valence-corrected chi connectivity index (χ1v) is 7.10. The summed E-state index contributed by atoms with van der Waals surface area (Å²) in [5.41, 5.74) is 2.27. The van der Waals surface area contributed by atoms with Crippen LogP contribution in [0.15, 0.2) is 28.7 Å². The van der Waals surface area contributed by atoms with E-state index in [9.17, 15) is 0 Å². The predicted molar refractivity (Wildman–Crippen MR) is 74.3 cm³/mol. The molecular formula is C13H14BrNOS. The fourth-order valence-electron chi connectivity index (χ4n) is 1.64. The number of aryl methyl sites for hydroxylation is 3. The molecular weight excluding hydrogens is 298 g/mol. The van der Waals surface area contributed by atoms with Crippen molar-refractivity contribution < 1.29 is 5.11 Å². The summed E-state index contributed by atoms with van der Waals surface area (Å²) in [6.07, 6.45) is 1.93. The van der Waals surface area contributed by atoms with Crippen LogP contribution in [-0.4, -0.2) is 10.1 Å². The summed E-state index contributed by atoms with van der Waals surface area (Å²) in [4.78, 5) is 5.45. The largest absolute Gasteiger partial charge is 0.391 e. The van der Waals surface area contributed by atoms with Crippen LogP contribution in [0.1, 0.15) is 21.1 Å². The van der Waals surface area contributed by atoms with Crippen molar-refractivity contribution in [2.24, 2.45) is 0 Å². The maximum atomic E-state index is 9.11. The second-order valence-corrected chi connectivity index (χ2v) is 5.98. The highest BCUT2D eigenvalue weighted by Crippen LogP contribution is 2.20. The molecule has 1 aromatic heterocycles. The normalized spacial score (nSPS) is 10.8. The lowest BCUT2D eigenvalue weighted by Gasteiger charge is -1.99. The van der Waals surface area contributed by atoms with Crippen molar-refractivity contribution in [1.82, 2.24) is 4.98 Å². The molecule has 0 aliphatic rings. The van der Waals surface area contributed by atoms with Crippen LogP contribution in [-0.2, 0) is 19.4 Å². The lowest BCUT2D eigenvalue weighted by Crippen LogP contribution is -1.90. The Morgan fingerprint density at radius 2 is 1.94 bits per heavy atom. The van der Waals surface area contributed by atoms with Gasteiger partial charge in [-0.15, -0.1) is 11.3 Å². The van der Waals surface area contributed by atoms with Crippen molar-refractivity contribution in [3.05, 3.63) is 49.9 Å². The first kappa shape index (κ1) is 12.7. The average molecular weight is 312 g/mol. The van der Waals surface area contributed by atoms with Crippen LogP contribution in [0.4, 0.5) is 0 Å². The van der Waals surface area contributed by atoms with Gasteiger partial charge in [0.25, 0.3) is 0 Å². The number of hydrogen-bond donors (Lipinski definition) is 1. The van der Waals surface area contributed by atoms with Gasteiger partial charge in [0, 0.05) is 10.9 Å². The highest BCUT2D eigenvalue weighted by molar-refractivity contribution is 9.10. The smallest absolute Gasteiger partial charge is 0.0935 e. The molecule has 0 unspecified atom stereocenters. The molecule has 4 heteroatoms. The Kier molecular flexibility index (Phi) is 4.31. The Morgan fingerprint density at radius 3 is 2.53 bits per heavy atom. The van der Waals surface area contributed by atoms with Crippen LogP contribution in [0.25, 0.3) is 0 Å². The van der Waals surface area contributed by atoms with Gasteiger partial charge >= 0.3 is 0 Å². The molecule has 0 saturated carbocycles. The van der Waals surface area contributed by atoms with E-state index in [4.69, 9.17) is 5.11 Å². The van der Waals surface area contributed by atoms with E-state index in [1.165, 1.54) is 5.56 Å². The number of thiazole rings is 1. The number of benzene rings is 1. The zero-order chi connectivity index (χ0) is 12.3. The third-order valence-corrected chi connectivity index (χ3v) is 4.35. The van der Waals surface area contributed by atoms with Gasteiger partial charge in [-0.1, -0.05) is 28.1 Å². The van der Waals surface area contributed by atoms with Gasteiger partial charge in [-0.2, -0.15) is 0 Å². The van der Waals surface area contributed by atoms with E-state index >= 15 is 0 Å². The van der Waals surface area contributed by atoms with E-state index in [1.807, 2.05) is 6.92 Å². The number of aromatic nitrogens is 1. The first-order chi connectivity index (χ1) is 8.19. The lowest BCUT2D eigenvalue weighted by atomic mass is 10.1. The van der Waals surface area contributed by atoms with Crippen molar-refractivity contribution in [3.8, 4) is 0 Å². The molecule has 0 atom stereocenters. The number of aliphatic hydroxyl groups is 1. The molecule has 0 fully saturated rings. The monoisotopic (exact) mass is 311 g/mol. The van der Waals surface area contributed by atoms with Crippen LogP contribution in [0.2, 0.25) is 0 Å². The zero-order valence-electron chi connectivity index (χ0n) is 9.61. The van der Waals surface area contributed by atoms with Crippen molar-refractivity contribution in [2.75, 3.05) is 0 Å². The van der Waals surface area contributed by atoms with Gasteiger partial charge in [0.15, 0.2) is 0 Å². The quantitative estimate of drug-likeness (QED) is 0.937. The first-order valence-electron chi connectivity index (χ1n) is 5.49. The SMILES string of the molecule is Cc1nc(CCc2ccc(Br)cc2)sc1CO. The summed E-state index contributed by atoms with van der Waals surface area (Å²) in [5, 5.41) is 10.2. The van der Waals surface area contributed by atoms with Crippen molar-refractivity contribution in [3.63, 3.8) is 0 Å². The average Bonchev–Trinajstić information content (AvgIpc) is 2.69. The Hall–Kier alpha value is -0.710. The molecule has 2 aromatic rings. The van der Waals surface area contributed by atoms with Gasteiger partial charge in [0.2, 0.25) is 0 Å². The fraction of sp³-hybridized carbons (Fsp3) is 0.308. The molecule has 0 saturated heterocycles. The summed E-state index contributed by atoms with van der Waals surface area (Å²) in [6, 6.07) is 8.36. The van der Waals surface area contributed by atoms with E-state index in [2.05, 4.69) is 45.2 Å². The number of aliphatic hydroxyl groups excluding tert-OH is 1. The Bertz CT molecular complexity index is 493. The molecule has 0 radical (unpaired) electrons. The number of halogens is 1. The molecule has 1 heterocycles. The lowest BCUT2D eigenvalue weighted by molar-refractivity contribution is 0.284. The predicted octanol–water partition coefficient (Wildman–Crippen LogP) is 3.49. The summed E-state index contributed by atoms with van der Waals surface area (Å²) in [7, 11) is 0. The summed E-state index contributed by atoms with van der Waals surface area (Å²) >= 11 is 5.04. The van der Waals surface area contributed by atoms with Gasteiger partial charge in [-0.3, -0.25) is 0 Å². The molecule has 0 amide bonds. The molecule has 1 aromatic carbocycles. The molecule has 0 bridgehead atoms. The number of rotatable bonds is 4. The van der Waals surface area contributed by atoms with Crippen LogP contribution in [0.3, 0.4) is 0 Å². The summed E-state index contributed by atoms with van der Waals surface area (Å²) in [6.45, 7) is 2.05. The standard InChI is InChI=1S/C13H14BrNOS/c1-9-12(8-16)17-13(15-9)7-4-10-2-5-11(14)6-3-10/h2-3,5-6,16H,4,7-8H2,1H3. The van der Waals surface area contributed by atoms with Crippen molar-refractivity contribution in [2.45, 2.75) is 26.4 Å². The Labute approximate surface area is 113 Å². The fourth-order valence-corrected chi connectivity index (χ4v) is 2.84. The molecule has 2 rings (SSSR count). The highest BCUT2D eigenvalue weighted by Gasteiger charge is 2.06. The van der Waals surface area contributed by atoms with Gasteiger partial charge in [0.1, 0.15) is 0 Å². The zero-order valence-corrected chi connectivity index (χ0v) is 12.0. The summed E-state index contributed by atoms with van der Waals surface area (Å²) < 4.78 is 1.11. The van der Waals surface area contributed by atoms with E-state index in [0.717, 1.165) is 32.9 Å². The summed E-state index contributed by atoms with van der Waals surface area (Å²) in [5.74, 6) is 0. The maximum absolute atomic E-state index is 9.11. The number of nitrogens with zero attached hydrogens (tertiary/aromatic N) is 1. The minimum absolute atomic E-state index is 0.0990. The highest BCUT2D eigenvalue weighted by atomic mass is 79.9. The van der Waals surface area contributed by atoms with Crippen LogP contribution >= 0.6 is 27.3 Å². The molecule has 0 aliphatic heterocycles.